The van der Waals surface area contributed by atoms with Gasteiger partial charge < -0.3 is 5.32 Å². The van der Waals surface area contributed by atoms with Crippen LogP contribution in [0.1, 0.15) is 6.42 Å². The minimum absolute atomic E-state index is 0.171. The lowest BCUT2D eigenvalue weighted by molar-refractivity contribution is 0.628. The molecule has 0 bridgehead atoms. The fourth-order valence-corrected chi connectivity index (χ4v) is 2.61. The molecule has 1 saturated heterocycles. The van der Waals surface area contributed by atoms with Crippen molar-refractivity contribution < 1.29 is 4.39 Å². The molecule has 1 heterocycles. The van der Waals surface area contributed by atoms with Gasteiger partial charge in [0.05, 0.1) is 0 Å². The Morgan fingerprint density at radius 1 is 1.46 bits per heavy atom. The summed E-state index contributed by atoms with van der Waals surface area (Å²) in [6.07, 6.45) is 1.18. The van der Waals surface area contributed by atoms with E-state index in [1.165, 1.54) is 18.2 Å². The molecule has 0 amide bonds. The van der Waals surface area contributed by atoms with Crippen LogP contribution in [0.25, 0.3) is 0 Å². The topological polar surface area (TPSA) is 12.0 Å². The third-order valence-corrected chi connectivity index (χ3v) is 3.29. The molecule has 70 valence electrons. The van der Waals surface area contributed by atoms with Crippen molar-refractivity contribution in [2.24, 2.45) is 0 Å². The van der Waals surface area contributed by atoms with E-state index in [9.17, 15) is 4.39 Å². The second-order valence-electron chi connectivity index (χ2n) is 3.22. The first kappa shape index (κ1) is 8.88. The number of hydrogen-bond donors (Lipinski definition) is 1. The molecule has 1 aliphatic rings. The van der Waals surface area contributed by atoms with Crippen LogP contribution in [-0.4, -0.2) is 17.5 Å². The molecule has 0 spiro atoms. The van der Waals surface area contributed by atoms with Gasteiger partial charge in [-0.05, 0) is 30.4 Å². The molecule has 1 aromatic rings. The van der Waals surface area contributed by atoms with Crippen molar-refractivity contribution in [1.82, 2.24) is 0 Å². The van der Waals surface area contributed by atoms with Crippen LogP contribution in [0, 0.1) is 5.82 Å². The first-order valence-corrected chi connectivity index (χ1v) is 5.60. The lowest BCUT2D eigenvalue weighted by Gasteiger charge is -2.12. The van der Waals surface area contributed by atoms with Crippen LogP contribution < -0.4 is 5.32 Å². The van der Waals surface area contributed by atoms with Crippen molar-refractivity contribution >= 4 is 17.4 Å². The summed E-state index contributed by atoms with van der Waals surface area (Å²) in [7, 11) is 0. The van der Waals surface area contributed by atoms with E-state index in [-0.39, 0.29) is 5.82 Å². The van der Waals surface area contributed by atoms with E-state index < -0.39 is 0 Å². The smallest absolute Gasteiger partial charge is 0.125 e. The zero-order chi connectivity index (χ0) is 9.10. The van der Waals surface area contributed by atoms with Gasteiger partial charge in [0.1, 0.15) is 5.82 Å². The van der Waals surface area contributed by atoms with Crippen LogP contribution in [0.2, 0.25) is 0 Å². The van der Waals surface area contributed by atoms with E-state index in [0.29, 0.717) is 6.04 Å². The predicted octanol–water partition coefficient (Wildman–Crippen LogP) is 2.74. The Bertz CT molecular complexity index is 284. The molecule has 0 radical (unpaired) electrons. The van der Waals surface area contributed by atoms with Crippen molar-refractivity contribution in [2.75, 3.05) is 16.8 Å². The number of nitrogens with one attached hydrogen (secondary N) is 1. The maximum Gasteiger partial charge on any atom is 0.125 e. The van der Waals surface area contributed by atoms with Gasteiger partial charge >= 0.3 is 0 Å². The maximum absolute atomic E-state index is 12.8. The molecule has 0 saturated carbocycles. The summed E-state index contributed by atoms with van der Waals surface area (Å²) >= 11 is 1.95. The molecule has 1 aromatic carbocycles. The summed E-state index contributed by atoms with van der Waals surface area (Å²) < 4.78 is 12.8. The predicted molar refractivity (Wildman–Crippen MR) is 55.8 cm³/mol. The van der Waals surface area contributed by atoms with E-state index >= 15 is 0 Å². The summed E-state index contributed by atoms with van der Waals surface area (Å²) in [4.78, 5) is 0. The maximum atomic E-state index is 12.8. The van der Waals surface area contributed by atoms with E-state index in [1.807, 2.05) is 17.8 Å². The molecular weight excluding hydrogens is 185 g/mol. The van der Waals surface area contributed by atoms with E-state index in [2.05, 4.69) is 5.32 Å². The van der Waals surface area contributed by atoms with Crippen LogP contribution in [-0.2, 0) is 0 Å². The van der Waals surface area contributed by atoms with Gasteiger partial charge in [-0.15, -0.1) is 0 Å². The van der Waals surface area contributed by atoms with Crippen molar-refractivity contribution in [3.8, 4) is 0 Å². The summed E-state index contributed by atoms with van der Waals surface area (Å²) in [5.41, 5.74) is 0.896. The lowest BCUT2D eigenvalue weighted by Crippen LogP contribution is -2.17. The van der Waals surface area contributed by atoms with Crippen molar-refractivity contribution in [2.45, 2.75) is 12.5 Å². The SMILES string of the molecule is Fc1cccc(N[C@H]2CCSC2)c1. The van der Waals surface area contributed by atoms with E-state index in [1.54, 1.807) is 12.1 Å². The Labute approximate surface area is 81.7 Å². The summed E-state index contributed by atoms with van der Waals surface area (Å²) in [5.74, 6) is 2.18. The van der Waals surface area contributed by atoms with Gasteiger partial charge in [-0.2, -0.15) is 11.8 Å². The summed E-state index contributed by atoms with van der Waals surface area (Å²) in [6.45, 7) is 0. The third-order valence-electron chi connectivity index (χ3n) is 2.13. The highest BCUT2D eigenvalue weighted by Gasteiger charge is 2.14. The number of halogens is 1. The van der Waals surface area contributed by atoms with Gasteiger partial charge in [-0.1, -0.05) is 6.07 Å². The molecular formula is C10H12FNS. The molecule has 1 fully saturated rings. The highest BCUT2D eigenvalue weighted by atomic mass is 32.2. The zero-order valence-electron chi connectivity index (χ0n) is 7.29. The highest BCUT2D eigenvalue weighted by Crippen LogP contribution is 2.21. The van der Waals surface area contributed by atoms with Gasteiger partial charge in [-0.25, -0.2) is 4.39 Å². The Hall–Kier alpha value is -0.700. The molecule has 1 nitrogen and oxygen atoms in total. The Morgan fingerprint density at radius 3 is 3.08 bits per heavy atom. The molecule has 3 heteroatoms. The number of rotatable bonds is 2. The molecule has 13 heavy (non-hydrogen) atoms. The lowest BCUT2D eigenvalue weighted by atomic mass is 10.2. The molecule has 0 aliphatic carbocycles. The number of benzene rings is 1. The number of anilines is 1. The van der Waals surface area contributed by atoms with Crippen LogP contribution in [0.5, 0.6) is 0 Å². The molecule has 1 atom stereocenters. The number of hydrogen-bond acceptors (Lipinski definition) is 2. The first-order chi connectivity index (χ1) is 6.34. The van der Waals surface area contributed by atoms with Gasteiger partial charge in [-0.3, -0.25) is 0 Å². The zero-order valence-corrected chi connectivity index (χ0v) is 8.11. The van der Waals surface area contributed by atoms with E-state index in [0.717, 1.165) is 11.4 Å². The molecule has 1 N–H and O–H groups in total. The van der Waals surface area contributed by atoms with Crippen LogP contribution in [0.15, 0.2) is 24.3 Å². The molecule has 0 unspecified atom stereocenters. The molecule has 0 aromatic heterocycles. The molecule has 2 rings (SSSR count). The van der Waals surface area contributed by atoms with Crippen LogP contribution in [0.3, 0.4) is 0 Å². The van der Waals surface area contributed by atoms with E-state index in [4.69, 9.17) is 0 Å². The summed E-state index contributed by atoms with van der Waals surface area (Å²) in [6, 6.07) is 7.18. The first-order valence-electron chi connectivity index (χ1n) is 4.44. The normalized spacial score (nSPS) is 21.8. The standard InChI is InChI=1S/C10H12FNS/c11-8-2-1-3-9(6-8)12-10-4-5-13-7-10/h1-3,6,10,12H,4-5,7H2/t10-/m0/s1. The fraction of sp³-hybridized carbons (Fsp3) is 0.400. The molecule has 1 aliphatic heterocycles. The van der Waals surface area contributed by atoms with Gasteiger partial charge in [0.2, 0.25) is 0 Å². The second kappa shape index (κ2) is 4.01. The summed E-state index contributed by atoms with van der Waals surface area (Å²) in [5, 5.41) is 3.32. The van der Waals surface area contributed by atoms with Gasteiger partial charge in [0, 0.05) is 17.5 Å². The van der Waals surface area contributed by atoms with Crippen molar-refractivity contribution in [3.05, 3.63) is 30.1 Å². The van der Waals surface area contributed by atoms with Crippen LogP contribution in [0.4, 0.5) is 10.1 Å². The monoisotopic (exact) mass is 197 g/mol. The van der Waals surface area contributed by atoms with Gasteiger partial charge in [0.15, 0.2) is 0 Å². The second-order valence-corrected chi connectivity index (χ2v) is 4.37. The minimum Gasteiger partial charge on any atom is -0.381 e. The Kier molecular flexibility index (Phi) is 2.74. The Balaban J connectivity index is 2.00. The highest BCUT2D eigenvalue weighted by molar-refractivity contribution is 7.99. The minimum atomic E-state index is -0.171. The van der Waals surface area contributed by atoms with Gasteiger partial charge in [0.25, 0.3) is 0 Å². The fourth-order valence-electron chi connectivity index (χ4n) is 1.46. The quantitative estimate of drug-likeness (QED) is 0.782. The average Bonchev–Trinajstić information content (AvgIpc) is 2.57. The number of thioether (sulfide) groups is 1. The Morgan fingerprint density at radius 2 is 2.38 bits per heavy atom. The van der Waals surface area contributed by atoms with Crippen molar-refractivity contribution in [1.29, 1.82) is 0 Å². The largest absolute Gasteiger partial charge is 0.381 e. The van der Waals surface area contributed by atoms with Crippen molar-refractivity contribution in [3.63, 3.8) is 0 Å². The van der Waals surface area contributed by atoms with Crippen LogP contribution >= 0.6 is 11.8 Å². The average molecular weight is 197 g/mol. The third kappa shape index (κ3) is 2.37.